The van der Waals surface area contributed by atoms with Crippen molar-refractivity contribution in [2.75, 3.05) is 19.0 Å². The van der Waals surface area contributed by atoms with E-state index in [-0.39, 0.29) is 5.78 Å². The highest BCUT2D eigenvalue weighted by molar-refractivity contribution is 6.14. The number of furan rings is 1. The molecule has 0 bridgehead atoms. The molecule has 0 fully saturated rings. The lowest BCUT2D eigenvalue weighted by Crippen LogP contribution is -2.23. The molecule has 1 aromatic heterocycles. The van der Waals surface area contributed by atoms with Gasteiger partial charge in [0.05, 0.1) is 11.8 Å². The third-order valence-corrected chi connectivity index (χ3v) is 4.47. The first-order valence-electron chi connectivity index (χ1n) is 8.46. The topological polar surface area (TPSA) is 42.7 Å². The summed E-state index contributed by atoms with van der Waals surface area (Å²) in [6.07, 6.45) is 2.89. The minimum absolute atomic E-state index is 0.0371. The largest absolute Gasteiger partial charge is 0.480 e. The van der Waals surface area contributed by atoms with Crippen molar-refractivity contribution in [1.29, 1.82) is 0 Å². The van der Waals surface area contributed by atoms with Gasteiger partial charge in [-0.2, -0.15) is 0 Å². The van der Waals surface area contributed by atoms with Crippen LogP contribution in [0.1, 0.15) is 27.8 Å². The number of ketones is 1. The van der Waals surface area contributed by atoms with E-state index in [0.717, 1.165) is 11.3 Å². The van der Waals surface area contributed by atoms with E-state index in [1.807, 2.05) is 67.5 Å². The van der Waals surface area contributed by atoms with Gasteiger partial charge in [-0.05, 0) is 48.0 Å². The van der Waals surface area contributed by atoms with Crippen LogP contribution in [0.5, 0.6) is 5.75 Å². The minimum atomic E-state index is -0.473. The van der Waals surface area contributed by atoms with Crippen LogP contribution in [0, 0.1) is 0 Å². The Kier molecular flexibility index (Phi) is 4.09. The summed E-state index contributed by atoms with van der Waals surface area (Å²) in [6.45, 7) is 0. The summed E-state index contributed by atoms with van der Waals surface area (Å²) in [6, 6.07) is 19.0. The van der Waals surface area contributed by atoms with E-state index >= 15 is 0 Å². The second kappa shape index (κ2) is 6.56. The molecule has 4 heteroatoms. The molecule has 0 radical (unpaired) electrons. The molecule has 0 aliphatic carbocycles. The Morgan fingerprint density at radius 2 is 1.73 bits per heavy atom. The van der Waals surface area contributed by atoms with Crippen molar-refractivity contribution in [3.05, 3.63) is 89.4 Å². The molecule has 0 saturated carbocycles. The van der Waals surface area contributed by atoms with Crippen molar-refractivity contribution < 1.29 is 13.9 Å². The number of nitrogens with zero attached hydrogens (tertiary/aromatic N) is 1. The summed E-state index contributed by atoms with van der Waals surface area (Å²) in [5.74, 6) is 1.20. The average Bonchev–Trinajstić information content (AvgIpc) is 3.17. The first-order chi connectivity index (χ1) is 12.6. The number of hydrogen-bond donors (Lipinski definition) is 0. The Morgan fingerprint density at radius 1 is 0.962 bits per heavy atom. The number of anilines is 1. The Bertz CT molecular complexity index is 953. The van der Waals surface area contributed by atoms with Crippen LogP contribution < -0.4 is 9.64 Å². The Hall–Kier alpha value is -3.27. The molecule has 4 rings (SSSR count). The zero-order chi connectivity index (χ0) is 18.1. The smallest absolute Gasteiger partial charge is 0.196 e. The first-order valence-corrected chi connectivity index (χ1v) is 8.46. The van der Waals surface area contributed by atoms with Gasteiger partial charge in [0.1, 0.15) is 11.5 Å². The third kappa shape index (κ3) is 2.90. The van der Waals surface area contributed by atoms with Crippen LogP contribution in [0.25, 0.3) is 6.08 Å². The Balaban J connectivity index is 1.81. The zero-order valence-corrected chi connectivity index (χ0v) is 14.7. The van der Waals surface area contributed by atoms with Crippen LogP contribution >= 0.6 is 0 Å². The zero-order valence-electron chi connectivity index (χ0n) is 14.7. The van der Waals surface area contributed by atoms with Crippen molar-refractivity contribution in [2.24, 2.45) is 0 Å². The Morgan fingerprint density at radius 3 is 2.42 bits per heavy atom. The summed E-state index contributed by atoms with van der Waals surface area (Å²) < 4.78 is 11.6. The fourth-order valence-corrected chi connectivity index (χ4v) is 3.08. The van der Waals surface area contributed by atoms with Gasteiger partial charge in [0.2, 0.25) is 0 Å². The van der Waals surface area contributed by atoms with E-state index < -0.39 is 6.10 Å². The van der Waals surface area contributed by atoms with Gasteiger partial charge < -0.3 is 14.1 Å². The van der Waals surface area contributed by atoms with Crippen molar-refractivity contribution in [1.82, 2.24) is 0 Å². The molecule has 0 N–H and O–H groups in total. The van der Waals surface area contributed by atoms with Crippen LogP contribution in [0.4, 0.5) is 5.69 Å². The number of fused-ring (bicyclic) bond motifs is 1. The molecule has 0 saturated heterocycles. The van der Waals surface area contributed by atoms with E-state index in [1.165, 1.54) is 0 Å². The molecule has 4 nitrogen and oxygen atoms in total. The molecule has 0 amide bonds. The summed E-state index contributed by atoms with van der Waals surface area (Å²) in [7, 11) is 3.99. The molecule has 0 unspecified atom stereocenters. The number of benzene rings is 2. The first kappa shape index (κ1) is 16.2. The third-order valence-electron chi connectivity index (χ3n) is 4.47. The summed E-state index contributed by atoms with van der Waals surface area (Å²) in [4.78, 5) is 15.1. The second-order valence-electron chi connectivity index (χ2n) is 6.42. The predicted molar refractivity (Wildman–Crippen MR) is 102 cm³/mol. The monoisotopic (exact) mass is 345 g/mol. The number of hydrogen-bond acceptors (Lipinski definition) is 4. The summed E-state index contributed by atoms with van der Waals surface area (Å²) in [5, 5.41) is 0. The molecule has 130 valence electrons. The lowest BCUT2D eigenvalue weighted by atomic mass is 9.90. The molecule has 0 spiro atoms. The number of carbonyl (C=O) groups is 1. The second-order valence-corrected chi connectivity index (χ2v) is 6.42. The molecular weight excluding hydrogens is 326 g/mol. The molecule has 26 heavy (non-hydrogen) atoms. The number of carbonyl (C=O) groups excluding carboxylic acids is 1. The van der Waals surface area contributed by atoms with E-state index in [9.17, 15) is 4.79 Å². The quantitative estimate of drug-likeness (QED) is 0.643. The highest BCUT2D eigenvalue weighted by atomic mass is 16.5. The maximum atomic E-state index is 13.1. The van der Waals surface area contributed by atoms with Crippen molar-refractivity contribution in [3.8, 4) is 5.75 Å². The molecule has 1 atom stereocenters. The van der Waals surface area contributed by atoms with Gasteiger partial charge in [-0.15, -0.1) is 0 Å². The van der Waals surface area contributed by atoms with Crippen molar-refractivity contribution >= 4 is 17.5 Å². The molecule has 2 heterocycles. The SMILES string of the molecule is CN(C)c1ccc([C@@H]2Oc3ccccc3C(=O)/C2=C\c2ccco2)cc1. The van der Waals surface area contributed by atoms with E-state index in [4.69, 9.17) is 9.15 Å². The fourth-order valence-electron chi connectivity index (χ4n) is 3.08. The summed E-state index contributed by atoms with van der Waals surface area (Å²) >= 11 is 0. The normalized spacial score (nSPS) is 17.7. The lowest BCUT2D eigenvalue weighted by molar-refractivity contribution is 0.0963. The molecular formula is C22H19NO3. The maximum Gasteiger partial charge on any atom is 0.196 e. The number of ether oxygens (including phenoxy) is 1. The molecule has 1 aliphatic rings. The minimum Gasteiger partial charge on any atom is -0.480 e. The van der Waals surface area contributed by atoms with Gasteiger partial charge in [0, 0.05) is 25.4 Å². The fraction of sp³-hybridized carbons (Fsp3) is 0.136. The van der Waals surface area contributed by atoms with E-state index in [1.54, 1.807) is 24.5 Å². The number of rotatable bonds is 3. The van der Waals surface area contributed by atoms with Gasteiger partial charge in [-0.25, -0.2) is 0 Å². The van der Waals surface area contributed by atoms with Crippen LogP contribution in [-0.4, -0.2) is 19.9 Å². The number of para-hydroxylation sites is 1. The standard InChI is InChI=1S/C22H19NO3/c1-23(2)16-11-9-15(10-12-16)22-19(14-17-6-5-13-25-17)21(24)18-7-3-4-8-20(18)26-22/h3-14,22H,1-2H3/b19-14+/t22-/m0/s1. The molecule has 3 aromatic rings. The van der Waals surface area contributed by atoms with E-state index in [0.29, 0.717) is 22.6 Å². The van der Waals surface area contributed by atoms with Gasteiger partial charge in [-0.1, -0.05) is 24.3 Å². The maximum absolute atomic E-state index is 13.1. The van der Waals surface area contributed by atoms with E-state index in [2.05, 4.69) is 0 Å². The molecule has 2 aromatic carbocycles. The van der Waals surface area contributed by atoms with Crippen LogP contribution in [0.3, 0.4) is 0 Å². The van der Waals surface area contributed by atoms with Crippen molar-refractivity contribution in [2.45, 2.75) is 6.10 Å². The van der Waals surface area contributed by atoms with Gasteiger partial charge in [-0.3, -0.25) is 4.79 Å². The highest BCUT2D eigenvalue weighted by Crippen LogP contribution is 2.39. The summed E-state index contributed by atoms with van der Waals surface area (Å²) in [5.41, 5.74) is 3.16. The Labute approximate surface area is 152 Å². The predicted octanol–water partition coefficient (Wildman–Crippen LogP) is 4.75. The van der Waals surface area contributed by atoms with Gasteiger partial charge in [0.15, 0.2) is 11.9 Å². The van der Waals surface area contributed by atoms with Crippen LogP contribution in [-0.2, 0) is 0 Å². The molecule has 1 aliphatic heterocycles. The van der Waals surface area contributed by atoms with Gasteiger partial charge in [0.25, 0.3) is 0 Å². The van der Waals surface area contributed by atoms with Gasteiger partial charge >= 0.3 is 0 Å². The highest BCUT2D eigenvalue weighted by Gasteiger charge is 2.33. The van der Waals surface area contributed by atoms with Crippen LogP contribution in [0.15, 0.2) is 76.9 Å². The average molecular weight is 345 g/mol. The lowest BCUT2D eigenvalue weighted by Gasteiger charge is -2.28. The van der Waals surface area contributed by atoms with Crippen LogP contribution in [0.2, 0.25) is 0 Å². The van der Waals surface area contributed by atoms with Crippen molar-refractivity contribution in [3.63, 3.8) is 0 Å². The number of Topliss-reactive ketones (excluding diaryl/α,β-unsaturated/α-hetero) is 1.